The van der Waals surface area contributed by atoms with Crippen LogP contribution < -0.4 is 10.1 Å². The van der Waals surface area contributed by atoms with Gasteiger partial charge in [0.25, 0.3) is 0 Å². The molecule has 2 rings (SSSR count). The summed E-state index contributed by atoms with van der Waals surface area (Å²) in [6.07, 6.45) is 0.551. The maximum atomic E-state index is 12.4. The molecule has 2 aromatic rings. The van der Waals surface area contributed by atoms with Crippen LogP contribution in [0.4, 0.5) is 5.69 Å². The number of rotatable bonds is 7. The van der Waals surface area contributed by atoms with Crippen LogP contribution in [0, 0.1) is 0 Å². The van der Waals surface area contributed by atoms with Crippen LogP contribution in [0.3, 0.4) is 0 Å². The summed E-state index contributed by atoms with van der Waals surface area (Å²) in [7, 11) is -1.62. The Bertz CT molecular complexity index is 773. The molecular weight excluding hydrogens is 334 g/mol. The van der Waals surface area contributed by atoms with Gasteiger partial charge in [-0.25, -0.2) is 8.42 Å². The first-order valence-corrected chi connectivity index (χ1v) is 10.1. The first-order valence-electron chi connectivity index (χ1n) is 8.43. The van der Waals surface area contributed by atoms with E-state index in [0.29, 0.717) is 17.9 Å². The van der Waals surface area contributed by atoms with Crippen molar-refractivity contribution >= 4 is 15.5 Å². The number of ether oxygens (including phenoxy) is 1. The van der Waals surface area contributed by atoms with Crippen LogP contribution in [0.5, 0.6) is 5.75 Å². The van der Waals surface area contributed by atoms with Gasteiger partial charge in [0.2, 0.25) is 0 Å². The standard InChI is InChI=1S/C20H27NO3S/c1-20(2,3)16-6-12-19(13-7-16)25(22,23)15-5-14-21-17-8-10-18(24-4)11-9-17/h6-13,21H,5,14-15H2,1-4H3. The van der Waals surface area contributed by atoms with Crippen molar-refractivity contribution in [2.45, 2.75) is 37.5 Å². The van der Waals surface area contributed by atoms with Gasteiger partial charge >= 0.3 is 0 Å². The van der Waals surface area contributed by atoms with E-state index in [9.17, 15) is 8.42 Å². The molecule has 0 heterocycles. The van der Waals surface area contributed by atoms with Crippen LogP contribution in [0.1, 0.15) is 32.8 Å². The van der Waals surface area contributed by atoms with Crippen molar-refractivity contribution < 1.29 is 13.2 Å². The van der Waals surface area contributed by atoms with Crippen molar-refractivity contribution in [1.29, 1.82) is 0 Å². The molecule has 1 N–H and O–H groups in total. The fourth-order valence-electron chi connectivity index (χ4n) is 2.48. The average molecular weight is 362 g/mol. The van der Waals surface area contributed by atoms with E-state index in [0.717, 1.165) is 17.0 Å². The molecule has 4 nitrogen and oxygen atoms in total. The van der Waals surface area contributed by atoms with Crippen LogP contribution in [-0.2, 0) is 15.3 Å². The molecule has 0 aliphatic heterocycles. The molecule has 0 amide bonds. The van der Waals surface area contributed by atoms with Crippen LogP contribution in [0.2, 0.25) is 0 Å². The highest BCUT2D eigenvalue weighted by Gasteiger charge is 2.17. The molecule has 0 bridgehead atoms. The topological polar surface area (TPSA) is 55.4 Å². The van der Waals surface area contributed by atoms with E-state index in [1.165, 1.54) is 0 Å². The van der Waals surface area contributed by atoms with Gasteiger partial charge in [-0.15, -0.1) is 0 Å². The molecule has 0 atom stereocenters. The van der Waals surface area contributed by atoms with Gasteiger partial charge in [0, 0.05) is 12.2 Å². The van der Waals surface area contributed by atoms with Gasteiger partial charge in [0.15, 0.2) is 9.84 Å². The van der Waals surface area contributed by atoms with E-state index in [1.54, 1.807) is 19.2 Å². The summed E-state index contributed by atoms with van der Waals surface area (Å²) < 4.78 is 30.0. The lowest BCUT2D eigenvalue weighted by Gasteiger charge is -2.19. The summed E-state index contributed by atoms with van der Waals surface area (Å²) in [6, 6.07) is 14.8. The lowest BCUT2D eigenvalue weighted by atomic mass is 9.87. The molecule has 5 heteroatoms. The zero-order valence-corrected chi connectivity index (χ0v) is 16.2. The predicted octanol–water partition coefficient (Wildman–Crippen LogP) is 4.27. The summed E-state index contributed by atoms with van der Waals surface area (Å²) >= 11 is 0. The van der Waals surface area contributed by atoms with Gasteiger partial charge in [-0.1, -0.05) is 32.9 Å². The number of methoxy groups -OCH3 is 1. The van der Waals surface area contributed by atoms with E-state index in [2.05, 4.69) is 26.1 Å². The number of anilines is 1. The molecule has 0 aliphatic rings. The lowest BCUT2D eigenvalue weighted by Crippen LogP contribution is -2.13. The Morgan fingerprint density at radius 3 is 2.08 bits per heavy atom. The first kappa shape index (κ1) is 19.3. The molecule has 0 radical (unpaired) electrons. The third-order valence-electron chi connectivity index (χ3n) is 4.09. The Kier molecular flexibility index (Phi) is 6.11. The molecule has 0 saturated heterocycles. The Hall–Kier alpha value is -2.01. The van der Waals surface area contributed by atoms with Crippen molar-refractivity contribution in [3.63, 3.8) is 0 Å². The Balaban J connectivity index is 1.88. The monoisotopic (exact) mass is 361 g/mol. The molecule has 136 valence electrons. The summed E-state index contributed by atoms with van der Waals surface area (Å²) in [4.78, 5) is 0.393. The van der Waals surface area contributed by atoms with Crippen LogP contribution in [-0.4, -0.2) is 27.8 Å². The van der Waals surface area contributed by atoms with E-state index in [1.807, 2.05) is 36.4 Å². The van der Waals surface area contributed by atoms with E-state index < -0.39 is 9.84 Å². The lowest BCUT2D eigenvalue weighted by molar-refractivity contribution is 0.415. The second-order valence-electron chi connectivity index (χ2n) is 7.10. The predicted molar refractivity (Wildman–Crippen MR) is 103 cm³/mol. The molecule has 0 saturated carbocycles. The molecule has 25 heavy (non-hydrogen) atoms. The van der Waals surface area contributed by atoms with Crippen LogP contribution in [0.25, 0.3) is 0 Å². The van der Waals surface area contributed by atoms with Gasteiger partial charge in [-0.3, -0.25) is 0 Å². The third-order valence-corrected chi connectivity index (χ3v) is 5.90. The van der Waals surface area contributed by atoms with E-state index >= 15 is 0 Å². The number of nitrogens with one attached hydrogen (secondary N) is 1. The minimum absolute atomic E-state index is 0.0184. The highest BCUT2D eigenvalue weighted by molar-refractivity contribution is 7.91. The quantitative estimate of drug-likeness (QED) is 0.748. The normalized spacial score (nSPS) is 12.0. The van der Waals surface area contributed by atoms with Gasteiger partial charge < -0.3 is 10.1 Å². The molecule has 0 unspecified atom stereocenters. The summed E-state index contributed by atoms with van der Waals surface area (Å²) in [5.41, 5.74) is 2.10. The second-order valence-corrected chi connectivity index (χ2v) is 9.21. The van der Waals surface area contributed by atoms with Crippen LogP contribution in [0.15, 0.2) is 53.4 Å². The number of hydrogen-bond acceptors (Lipinski definition) is 4. The van der Waals surface area contributed by atoms with Gasteiger partial charge in [0.05, 0.1) is 17.8 Å². The smallest absolute Gasteiger partial charge is 0.178 e. The molecule has 0 spiro atoms. The summed E-state index contributed by atoms with van der Waals surface area (Å²) in [5, 5.41) is 3.23. The molecule has 0 aromatic heterocycles. The maximum absolute atomic E-state index is 12.4. The maximum Gasteiger partial charge on any atom is 0.178 e. The number of benzene rings is 2. The fourth-order valence-corrected chi connectivity index (χ4v) is 3.79. The average Bonchev–Trinajstić information content (AvgIpc) is 2.58. The summed E-state index contributed by atoms with van der Waals surface area (Å²) in [6.45, 7) is 6.94. The Labute approximate surface area is 151 Å². The summed E-state index contributed by atoms with van der Waals surface area (Å²) in [5.74, 6) is 0.928. The van der Waals surface area contributed by atoms with Crippen molar-refractivity contribution in [3.05, 3.63) is 54.1 Å². The third kappa shape index (κ3) is 5.49. The van der Waals surface area contributed by atoms with Crippen molar-refractivity contribution in [1.82, 2.24) is 0 Å². The van der Waals surface area contributed by atoms with E-state index in [-0.39, 0.29) is 11.2 Å². The van der Waals surface area contributed by atoms with E-state index in [4.69, 9.17) is 4.74 Å². The fraction of sp³-hybridized carbons (Fsp3) is 0.400. The van der Waals surface area contributed by atoms with Gasteiger partial charge in [-0.05, 0) is 53.8 Å². The SMILES string of the molecule is COc1ccc(NCCCS(=O)(=O)c2ccc(C(C)(C)C)cc2)cc1. The molecule has 0 aliphatic carbocycles. The highest BCUT2D eigenvalue weighted by atomic mass is 32.2. The van der Waals surface area contributed by atoms with Crippen molar-refractivity contribution in [3.8, 4) is 5.75 Å². The largest absolute Gasteiger partial charge is 0.497 e. The number of hydrogen-bond donors (Lipinski definition) is 1. The van der Waals surface area contributed by atoms with Crippen LogP contribution >= 0.6 is 0 Å². The first-order chi connectivity index (χ1) is 11.7. The molecular formula is C20H27NO3S. The van der Waals surface area contributed by atoms with Crippen molar-refractivity contribution in [2.24, 2.45) is 0 Å². The Morgan fingerprint density at radius 2 is 1.56 bits per heavy atom. The molecule has 2 aromatic carbocycles. The molecule has 0 fully saturated rings. The minimum Gasteiger partial charge on any atom is -0.497 e. The van der Waals surface area contributed by atoms with Gasteiger partial charge in [-0.2, -0.15) is 0 Å². The van der Waals surface area contributed by atoms with Gasteiger partial charge in [0.1, 0.15) is 5.75 Å². The zero-order valence-electron chi connectivity index (χ0n) is 15.4. The highest BCUT2D eigenvalue weighted by Crippen LogP contribution is 2.24. The van der Waals surface area contributed by atoms with Crippen molar-refractivity contribution in [2.75, 3.05) is 24.7 Å². The Morgan fingerprint density at radius 1 is 0.960 bits per heavy atom. The number of sulfone groups is 1. The zero-order chi connectivity index (χ0) is 18.5. The second kappa shape index (κ2) is 7.91. The minimum atomic E-state index is -3.25.